The van der Waals surface area contributed by atoms with Crippen LogP contribution in [0.3, 0.4) is 0 Å². The van der Waals surface area contributed by atoms with E-state index in [9.17, 15) is 0 Å². The van der Waals surface area contributed by atoms with Crippen LogP contribution in [0, 0.1) is 0 Å². The van der Waals surface area contributed by atoms with Gasteiger partial charge in [-0.2, -0.15) is 0 Å². The summed E-state index contributed by atoms with van der Waals surface area (Å²) >= 11 is 0. The van der Waals surface area contributed by atoms with Crippen molar-refractivity contribution in [2.24, 2.45) is 0 Å². The van der Waals surface area contributed by atoms with Crippen LogP contribution in [0.5, 0.6) is 0 Å². The van der Waals surface area contributed by atoms with E-state index in [2.05, 4.69) is 322 Å². The van der Waals surface area contributed by atoms with E-state index < -0.39 is 0 Å². The van der Waals surface area contributed by atoms with Crippen molar-refractivity contribution < 1.29 is 0 Å². The highest BCUT2D eigenvalue weighted by molar-refractivity contribution is 5.99. The van der Waals surface area contributed by atoms with E-state index in [0.717, 1.165) is 34.1 Å². The fourth-order valence-electron chi connectivity index (χ4n) is 12.2. The summed E-state index contributed by atoms with van der Waals surface area (Å²) < 4.78 is 0. The van der Waals surface area contributed by atoms with Crippen molar-refractivity contribution in [3.63, 3.8) is 0 Å². The Morgan fingerprint density at radius 2 is 0.603 bits per heavy atom. The third-order valence-corrected chi connectivity index (χ3v) is 16.8. The van der Waals surface area contributed by atoms with Crippen molar-refractivity contribution in [2.45, 2.75) is 90.9 Å². The molecule has 10 aromatic carbocycles. The largest absolute Gasteiger partial charge is 0.310 e. The molecule has 0 spiro atoms. The van der Waals surface area contributed by atoms with Crippen LogP contribution in [0.15, 0.2) is 218 Å². The minimum absolute atomic E-state index is 0.0867. The molecule has 0 bridgehead atoms. The zero-order valence-corrected chi connectivity index (χ0v) is 47.0. The maximum Gasteiger partial charge on any atom is 0.0465 e. The molecule has 0 saturated heterocycles. The summed E-state index contributed by atoms with van der Waals surface area (Å²) in [6.07, 6.45) is 9.16. The summed E-state index contributed by atoms with van der Waals surface area (Å²) in [5.74, 6) is 0. The van der Waals surface area contributed by atoms with Gasteiger partial charge in [-0.25, -0.2) is 0 Å². The van der Waals surface area contributed by atoms with Gasteiger partial charge in [-0.15, -0.1) is 0 Å². The van der Waals surface area contributed by atoms with Gasteiger partial charge in [0, 0.05) is 45.0 Å². The zero-order valence-electron chi connectivity index (χ0n) is 47.0. The molecular formula is C76H70N2. The van der Waals surface area contributed by atoms with Crippen LogP contribution in [0.4, 0.5) is 34.1 Å². The molecule has 2 aliphatic rings. The third kappa shape index (κ3) is 9.07. The monoisotopic (exact) mass is 1010 g/mol. The fraction of sp³-hybridized carbons (Fsp3) is 0.184. The lowest BCUT2D eigenvalue weighted by molar-refractivity contribution is 0.590. The van der Waals surface area contributed by atoms with Crippen molar-refractivity contribution in [3.8, 4) is 22.3 Å². The van der Waals surface area contributed by atoms with Gasteiger partial charge in [-0.05, 0) is 172 Å². The molecule has 0 N–H and O–H groups in total. The topological polar surface area (TPSA) is 6.48 Å². The second kappa shape index (κ2) is 19.2. The van der Waals surface area contributed by atoms with Gasteiger partial charge >= 0.3 is 0 Å². The van der Waals surface area contributed by atoms with Gasteiger partial charge in [0.25, 0.3) is 0 Å². The molecule has 2 nitrogen and oxygen atoms in total. The molecule has 0 saturated carbocycles. The molecule has 2 heteroatoms. The zero-order chi connectivity index (χ0) is 54.1. The highest BCUT2D eigenvalue weighted by Crippen LogP contribution is 2.53. The second-order valence-corrected chi connectivity index (χ2v) is 24.7. The van der Waals surface area contributed by atoms with E-state index in [1.807, 2.05) is 0 Å². The molecule has 10 aromatic rings. The number of para-hydroxylation sites is 2. The first kappa shape index (κ1) is 50.4. The van der Waals surface area contributed by atoms with Crippen molar-refractivity contribution in [2.75, 3.05) is 9.80 Å². The molecule has 0 aromatic heterocycles. The molecule has 0 unspecified atom stereocenters. The van der Waals surface area contributed by atoms with Gasteiger partial charge in [-0.3, -0.25) is 0 Å². The van der Waals surface area contributed by atoms with E-state index in [1.54, 1.807) is 0 Å². The lowest BCUT2D eigenvalue weighted by Crippen LogP contribution is -2.17. The van der Waals surface area contributed by atoms with Crippen molar-refractivity contribution in [1.82, 2.24) is 0 Å². The fourth-order valence-corrected chi connectivity index (χ4v) is 12.2. The Morgan fingerprint density at radius 1 is 0.295 bits per heavy atom. The van der Waals surface area contributed by atoms with Gasteiger partial charge in [0.2, 0.25) is 0 Å². The normalized spacial score (nSPS) is 14.1. The Morgan fingerprint density at radius 3 is 0.962 bits per heavy atom. The van der Waals surface area contributed by atoms with Crippen LogP contribution in [0.25, 0.3) is 57.3 Å². The number of nitrogens with zero attached hydrogens (tertiary/aromatic N) is 2. The first-order valence-electron chi connectivity index (χ1n) is 27.8. The molecule has 2 aliphatic carbocycles. The molecule has 0 heterocycles. The summed E-state index contributed by atoms with van der Waals surface area (Å²) in [4.78, 5) is 4.78. The maximum absolute atomic E-state index is 2.42. The molecule has 0 fully saturated rings. The lowest BCUT2D eigenvalue weighted by atomic mass is 9.81. The average molecular weight is 1010 g/mol. The van der Waals surface area contributed by atoms with Crippen LogP contribution in [0.2, 0.25) is 0 Å². The minimum atomic E-state index is -0.185. The highest BCUT2D eigenvalue weighted by atomic mass is 15.1. The molecule has 0 radical (unpaired) electrons. The highest BCUT2D eigenvalue weighted by Gasteiger charge is 2.38. The molecule has 384 valence electrons. The van der Waals surface area contributed by atoms with Gasteiger partial charge < -0.3 is 9.80 Å². The van der Waals surface area contributed by atoms with Gasteiger partial charge in [0.05, 0.1) is 0 Å². The number of rotatable bonds is 10. The van der Waals surface area contributed by atoms with Crippen molar-refractivity contribution in [1.29, 1.82) is 0 Å². The molecule has 12 rings (SSSR count). The summed E-state index contributed by atoms with van der Waals surface area (Å²) in [7, 11) is 0. The Bertz CT molecular complexity index is 3690. The third-order valence-electron chi connectivity index (χ3n) is 16.8. The number of hydrogen-bond donors (Lipinski definition) is 0. The Labute approximate surface area is 463 Å². The number of fused-ring (bicyclic) bond motifs is 7. The summed E-state index contributed by atoms with van der Waals surface area (Å²) in [6, 6.07) is 81.2. The SMILES string of the molecule is CC(C)(C)c1ccc(N(c2ccccc2)c2ccc3c(c2)C(C)(C)c2cc(/C=C/c4ccc(/C=C/c5ccc6c(c5)C(C)(C)c5cc(N(c7ccccc7)c7ccc(C(C)(C)C)cc7)ccc5-6)c5ccccc45)ccc2-3)cc1. The molecular weight excluding hydrogens is 941 g/mol. The van der Waals surface area contributed by atoms with Crippen LogP contribution in [0.1, 0.15) is 125 Å². The van der Waals surface area contributed by atoms with E-state index in [-0.39, 0.29) is 21.7 Å². The Hall–Kier alpha value is -8.46. The standard InChI is InChI=1S/C76H70N2/c1-73(2,3)55-33-37-59(38-34-55)77(57-19-13-11-14-20-57)61-41-45-67-65-43-27-51(47-69(65)75(7,8)71(67)49-61)25-29-53-31-32-54(64-24-18-17-23-63(53)64)30-26-52-28-44-66-68-46-42-62(50-72(68)76(9,10)70(66)48-52)78(58-21-15-12-16-22-58)60-39-35-56(36-40-60)74(4,5)6/h11-50H,1-10H3/b29-25+,30-26+. The molecule has 0 atom stereocenters. The van der Waals surface area contributed by atoms with Gasteiger partial charge in [0.15, 0.2) is 0 Å². The molecule has 78 heavy (non-hydrogen) atoms. The van der Waals surface area contributed by atoms with E-state index >= 15 is 0 Å². The van der Waals surface area contributed by atoms with Crippen molar-refractivity contribution >= 4 is 69.2 Å². The van der Waals surface area contributed by atoms with Crippen LogP contribution in [-0.4, -0.2) is 0 Å². The average Bonchev–Trinajstić information content (AvgIpc) is 4.03. The van der Waals surface area contributed by atoms with Crippen LogP contribution >= 0.6 is 0 Å². The lowest BCUT2D eigenvalue weighted by Gasteiger charge is -2.29. The van der Waals surface area contributed by atoms with Gasteiger partial charge in [-0.1, -0.05) is 239 Å². The quantitative estimate of drug-likeness (QED) is 0.126. The number of benzene rings is 10. The predicted octanol–water partition coefficient (Wildman–Crippen LogP) is 21.3. The molecule has 0 amide bonds. The minimum Gasteiger partial charge on any atom is -0.310 e. The van der Waals surface area contributed by atoms with Gasteiger partial charge in [0.1, 0.15) is 0 Å². The maximum atomic E-state index is 2.42. The Kier molecular flexibility index (Phi) is 12.4. The smallest absolute Gasteiger partial charge is 0.0465 e. The number of hydrogen-bond acceptors (Lipinski definition) is 2. The van der Waals surface area contributed by atoms with Crippen LogP contribution in [-0.2, 0) is 21.7 Å². The first-order valence-corrected chi connectivity index (χ1v) is 27.8. The van der Waals surface area contributed by atoms with E-state index in [1.165, 1.54) is 88.7 Å². The first-order chi connectivity index (χ1) is 37.4. The predicted molar refractivity (Wildman–Crippen MR) is 337 cm³/mol. The van der Waals surface area contributed by atoms with Crippen molar-refractivity contribution in [3.05, 3.63) is 274 Å². The second-order valence-electron chi connectivity index (χ2n) is 24.7. The van der Waals surface area contributed by atoms with E-state index in [0.29, 0.717) is 0 Å². The summed E-state index contributed by atoms with van der Waals surface area (Å²) in [5, 5.41) is 2.48. The summed E-state index contributed by atoms with van der Waals surface area (Å²) in [5.41, 5.74) is 24.9. The number of anilines is 6. The molecule has 0 aliphatic heterocycles. The van der Waals surface area contributed by atoms with Crippen LogP contribution < -0.4 is 9.80 Å². The summed E-state index contributed by atoms with van der Waals surface area (Å²) in [6.45, 7) is 23.2. The van der Waals surface area contributed by atoms with E-state index in [4.69, 9.17) is 0 Å². The Balaban J connectivity index is 0.796.